The Morgan fingerprint density at radius 1 is 1.09 bits per heavy atom. The fraction of sp³-hybridized carbons (Fsp3) is 0.278. The monoisotopic (exact) mass is 295 g/mol. The maximum Gasteiger partial charge on any atom is 0.137 e. The van der Waals surface area contributed by atoms with Crippen molar-refractivity contribution in [1.29, 1.82) is 0 Å². The van der Waals surface area contributed by atoms with Gasteiger partial charge >= 0.3 is 0 Å². The van der Waals surface area contributed by atoms with E-state index in [-0.39, 0.29) is 0 Å². The van der Waals surface area contributed by atoms with Crippen LogP contribution in [0.5, 0.6) is 5.75 Å². The summed E-state index contributed by atoms with van der Waals surface area (Å²) in [5.74, 6) is 0.873. The average Bonchev–Trinajstić information content (AvgIpc) is 2.96. The average molecular weight is 295 g/mol. The van der Waals surface area contributed by atoms with Crippen molar-refractivity contribution in [2.75, 3.05) is 18.5 Å². The van der Waals surface area contributed by atoms with Gasteiger partial charge in [0.05, 0.1) is 18.0 Å². The summed E-state index contributed by atoms with van der Waals surface area (Å²) in [5.41, 5.74) is 3.99. The van der Waals surface area contributed by atoms with Crippen LogP contribution in [0, 0.1) is 0 Å². The van der Waals surface area contributed by atoms with Crippen LogP contribution in [0.15, 0.2) is 48.8 Å². The fourth-order valence-corrected chi connectivity index (χ4v) is 2.46. The van der Waals surface area contributed by atoms with Gasteiger partial charge in [-0.1, -0.05) is 19.1 Å². The van der Waals surface area contributed by atoms with E-state index in [1.807, 2.05) is 43.5 Å². The molecule has 0 unspecified atom stereocenters. The Kier molecular flexibility index (Phi) is 4.28. The van der Waals surface area contributed by atoms with Crippen molar-refractivity contribution < 1.29 is 4.74 Å². The van der Waals surface area contributed by atoms with Crippen LogP contribution in [0.3, 0.4) is 0 Å². The number of para-hydroxylation sites is 1. The van der Waals surface area contributed by atoms with Gasteiger partial charge in [-0.2, -0.15) is 0 Å². The van der Waals surface area contributed by atoms with Crippen molar-refractivity contribution in [3.63, 3.8) is 0 Å². The number of fused-ring (bicyclic) bond motifs is 1. The van der Waals surface area contributed by atoms with Gasteiger partial charge < -0.3 is 14.5 Å². The van der Waals surface area contributed by atoms with Crippen LogP contribution in [-0.4, -0.2) is 22.5 Å². The molecule has 3 aromatic rings. The van der Waals surface area contributed by atoms with E-state index < -0.39 is 0 Å². The van der Waals surface area contributed by atoms with Gasteiger partial charge in [0.2, 0.25) is 0 Å². The second-order valence-corrected chi connectivity index (χ2v) is 5.17. The van der Waals surface area contributed by atoms with Crippen molar-refractivity contribution in [2.45, 2.75) is 20.3 Å². The van der Waals surface area contributed by atoms with Crippen molar-refractivity contribution in [1.82, 2.24) is 9.38 Å². The summed E-state index contributed by atoms with van der Waals surface area (Å²) in [4.78, 5) is 4.70. The van der Waals surface area contributed by atoms with Crippen molar-refractivity contribution >= 4 is 11.3 Å². The normalized spacial score (nSPS) is 10.8. The molecule has 114 valence electrons. The molecule has 0 bridgehead atoms. The lowest BCUT2D eigenvalue weighted by molar-refractivity contribution is 0.341. The highest BCUT2D eigenvalue weighted by atomic mass is 16.5. The zero-order valence-corrected chi connectivity index (χ0v) is 13.0. The first-order chi connectivity index (χ1) is 10.8. The van der Waals surface area contributed by atoms with E-state index in [1.165, 1.54) is 0 Å². The summed E-state index contributed by atoms with van der Waals surface area (Å²) in [6, 6.07) is 12.1. The number of rotatable bonds is 6. The lowest BCUT2D eigenvalue weighted by Crippen LogP contribution is -2.00. The Balaban J connectivity index is 1.98. The Hall–Kier alpha value is -2.49. The third-order valence-corrected chi connectivity index (χ3v) is 3.49. The minimum atomic E-state index is 0.648. The van der Waals surface area contributed by atoms with Crippen LogP contribution < -0.4 is 10.1 Å². The summed E-state index contributed by atoms with van der Waals surface area (Å²) in [6.07, 6.45) is 5.23. The van der Waals surface area contributed by atoms with Gasteiger partial charge in [0, 0.05) is 24.5 Å². The lowest BCUT2D eigenvalue weighted by atomic mass is 10.1. The number of anilines is 1. The number of hydrogen-bond donors (Lipinski definition) is 1. The predicted molar refractivity (Wildman–Crippen MR) is 90.6 cm³/mol. The maximum atomic E-state index is 5.70. The number of imidazole rings is 1. The molecule has 4 heteroatoms. The number of aromatic nitrogens is 2. The van der Waals surface area contributed by atoms with Crippen LogP contribution in [-0.2, 0) is 0 Å². The highest BCUT2D eigenvalue weighted by Crippen LogP contribution is 2.29. The SMILES string of the molecule is CCCNc1ccc2nc(-c3ccccc3OCC)cn2c1. The molecule has 1 N–H and O–H groups in total. The summed E-state index contributed by atoms with van der Waals surface area (Å²) in [7, 11) is 0. The first-order valence-corrected chi connectivity index (χ1v) is 7.76. The molecule has 1 aromatic carbocycles. The third kappa shape index (κ3) is 2.91. The van der Waals surface area contributed by atoms with Gasteiger partial charge in [0.15, 0.2) is 0 Å². The van der Waals surface area contributed by atoms with Gasteiger partial charge in [-0.05, 0) is 37.6 Å². The Bertz CT molecular complexity index is 764. The largest absolute Gasteiger partial charge is 0.493 e. The van der Waals surface area contributed by atoms with Gasteiger partial charge in [0.25, 0.3) is 0 Å². The summed E-state index contributed by atoms with van der Waals surface area (Å²) < 4.78 is 7.75. The second kappa shape index (κ2) is 6.52. The van der Waals surface area contributed by atoms with E-state index in [4.69, 9.17) is 9.72 Å². The van der Waals surface area contributed by atoms with Crippen LogP contribution in [0.4, 0.5) is 5.69 Å². The first-order valence-electron chi connectivity index (χ1n) is 7.76. The van der Waals surface area contributed by atoms with Crippen LogP contribution in [0.25, 0.3) is 16.9 Å². The summed E-state index contributed by atoms with van der Waals surface area (Å²) >= 11 is 0. The topological polar surface area (TPSA) is 38.6 Å². The lowest BCUT2D eigenvalue weighted by Gasteiger charge is -2.07. The number of nitrogens with one attached hydrogen (secondary N) is 1. The molecule has 3 rings (SSSR count). The molecule has 0 aliphatic carbocycles. The minimum absolute atomic E-state index is 0.648. The number of benzene rings is 1. The van der Waals surface area contributed by atoms with Gasteiger partial charge in [-0.15, -0.1) is 0 Å². The fourth-order valence-electron chi connectivity index (χ4n) is 2.46. The Morgan fingerprint density at radius 2 is 1.95 bits per heavy atom. The molecule has 0 saturated heterocycles. The van der Waals surface area contributed by atoms with E-state index in [2.05, 4.69) is 28.9 Å². The van der Waals surface area contributed by atoms with Crippen molar-refractivity contribution in [3.05, 3.63) is 48.8 Å². The summed E-state index contributed by atoms with van der Waals surface area (Å²) in [5, 5.41) is 3.39. The molecule has 0 spiro atoms. The number of nitrogens with zero attached hydrogens (tertiary/aromatic N) is 2. The number of pyridine rings is 1. The molecule has 0 amide bonds. The Labute approximate surface area is 130 Å². The highest BCUT2D eigenvalue weighted by molar-refractivity contribution is 5.69. The first kappa shape index (κ1) is 14.4. The van der Waals surface area contributed by atoms with Crippen LogP contribution >= 0.6 is 0 Å². The minimum Gasteiger partial charge on any atom is -0.493 e. The van der Waals surface area contributed by atoms with E-state index in [1.54, 1.807) is 0 Å². The molecular weight excluding hydrogens is 274 g/mol. The predicted octanol–water partition coefficient (Wildman–Crippen LogP) is 4.22. The molecule has 2 aromatic heterocycles. The molecule has 0 aliphatic heterocycles. The number of ether oxygens (including phenoxy) is 1. The molecule has 0 radical (unpaired) electrons. The van der Waals surface area contributed by atoms with E-state index >= 15 is 0 Å². The quantitative estimate of drug-likeness (QED) is 0.740. The molecule has 0 saturated carbocycles. The zero-order chi connectivity index (χ0) is 15.4. The van der Waals surface area contributed by atoms with Crippen LogP contribution in [0.2, 0.25) is 0 Å². The zero-order valence-electron chi connectivity index (χ0n) is 13.0. The molecule has 0 aliphatic rings. The van der Waals surface area contributed by atoms with Gasteiger partial charge in [-0.3, -0.25) is 0 Å². The molecule has 0 fully saturated rings. The molecule has 4 nitrogen and oxygen atoms in total. The molecule has 0 atom stereocenters. The molecular formula is C18H21N3O. The number of hydrogen-bond acceptors (Lipinski definition) is 3. The van der Waals surface area contributed by atoms with Gasteiger partial charge in [-0.25, -0.2) is 4.98 Å². The van der Waals surface area contributed by atoms with Crippen LogP contribution in [0.1, 0.15) is 20.3 Å². The van der Waals surface area contributed by atoms with E-state index in [0.29, 0.717) is 6.61 Å². The Morgan fingerprint density at radius 3 is 2.77 bits per heavy atom. The second-order valence-electron chi connectivity index (χ2n) is 5.17. The molecule has 22 heavy (non-hydrogen) atoms. The standard InChI is InChI=1S/C18H21N3O/c1-3-11-19-14-9-10-18-20-16(13-21(18)12-14)15-7-5-6-8-17(15)22-4-2/h5-10,12-13,19H,3-4,11H2,1-2H3. The maximum absolute atomic E-state index is 5.70. The van der Waals surface area contributed by atoms with E-state index in [9.17, 15) is 0 Å². The highest BCUT2D eigenvalue weighted by Gasteiger charge is 2.09. The summed E-state index contributed by atoms with van der Waals surface area (Å²) in [6.45, 7) is 5.77. The molecule has 2 heterocycles. The van der Waals surface area contributed by atoms with Crippen molar-refractivity contribution in [2.24, 2.45) is 0 Å². The van der Waals surface area contributed by atoms with Crippen molar-refractivity contribution in [3.8, 4) is 17.0 Å². The smallest absolute Gasteiger partial charge is 0.137 e. The third-order valence-electron chi connectivity index (χ3n) is 3.49. The van der Waals surface area contributed by atoms with Gasteiger partial charge in [0.1, 0.15) is 11.4 Å². The van der Waals surface area contributed by atoms with E-state index in [0.717, 1.165) is 41.3 Å².